The maximum absolute atomic E-state index is 13.4. The Morgan fingerprint density at radius 1 is 1.15 bits per heavy atom. The Balaban J connectivity index is 1.65. The van der Waals surface area contributed by atoms with Crippen LogP contribution in [0, 0.1) is 6.92 Å². The molecule has 0 N–H and O–H groups in total. The molecule has 3 aromatic rings. The van der Waals surface area contributed by atoms with Gasteiger partial charge in [-0.3, -0.25) is 19.3 Å². The van der Waals surface area contributed by atoms with E-state index in [1.54, 1.807) is 49.3 Å². The van der Waals surface area contributed by atoms with E-state index < -0.39 is 5.60 Å². The van der Waals surface area contributed by atoms with Crippen LogP contribution in [0.1, 0.15) is 21.6 Å². The predicted molar refractivity (Wildman–Crippen MR) is 125 cm³/mol. The number of nitrogens with zero attached hydrogens (tertiary/aromatic N) is 5. The third-order valence-corrected chi connectivity index (χ3v) is 6.16. The summed E-state index contributed by atoms with van der Waals surface area (Å²) >= 11 is 0. The molecule has 4 rings (SSSR count). The summed E-state index contributed by atoms with van der Waals surface area (Å²) in [5.41, 5.74) is 3.23. The summed E-state index contributed by atoms with van der Waals surface area (Å²) in [5.74, 6) is -0.289. The summed E-state index contributed by atoms with van der Waals surface area (Å²) in [6.07, 6.45) is 5.46. The maximum Gasteiger partial charge on any atom is 0.257 e. The molecule has 0 saturated carbocycles. The lowest BCUT2D eigenvalue weighted by atomic mass is 9.89. The number of benzene rings is 1. The van der Waals surface area contributed by atoms with Crippen molar-refractivity contribution in [3.63, 3.8) is 0 Å². The van der Waals surface area contributed by atoms with Crippen LogP contribution in [-0.2, 0) is 23.0 Å². The molecule has 1 atom stereocenters. The fourth-order valence-electron chi connectivity index (χ4n) is 4.29. The van der Waals surface area contributed by atoms with Gasteiger partial charge in [0.1, 0.15) is 0 Å². The number of hydrogen-bond donors (Lipinski definition) is 0. The van der Waals surface area contributed by atoms with Gasteiger partial charge < -0.3 is 14.5 Å². The number of rotatable bonds is 5. The molecular formula is C25H29N5O3. The van der Waals surface area contributed by atoms with E-state index in [1.807, 2.05) is 37.3 Å². The minimum absolute atomic E-state index is 0.134. The Morgan fingerprint density at radius 3 is 2.58 bits per heavy atom. The molecule has 1 fully saturated rings. The smallest absolute Gasteiger partial charge is 0.257 e. The molecule has 0 radical (unpaired) electrons. The molecule has 1 unspecified atom stereocenters. The number of carbonyl (C=O) groups is 2. The molecule has 172 valence electrons. The van der Waals surface area contributed by atoms with E-state index in [-0.39, 0.29) is 25.0 Å². The highest BCUT2D eigenvalue weighted by atomic mass is 16.5. The Hall–Kier alpha value is -3.52. The van der Waals surface area contributed by atoms with Crippen molar-refractivity contribution in [2.75, 3.05) is 33.8 Å². The summed E-state index contributed by atoms with van der Waals surface area (Å²) in [5, 5.41) is 4.20. The van der Waals surface area contributed by atoms with Crippen LogP contribution in [0.2, 0.25) is 0 Å². The zero-order valence-corrected chi connectivity index (χ0v) is 19.5. The van der Waals surface area contributed by atoms with E-state index in [2.05, 4.69) is 16.1 Å². The van der Waals surface area contributed by atoms with Gasteiger partial charge in [0.05, 0.1) is 24.9 Å². The second kappa shape index (κ2) is 9.15. The van der Waals surface area contributed by atoms with Gasteiger partial charge in [-0.2, -0.15) is 5.10 Å². The summed E-state index contributed by atoms with van der Waals surface area (Å²) in [6, 6.07) is 12.0. The van der Waals surface area contributed by atoms with Crippen molar-refractivity contribution in [3.05, 3.63) is 71.8 Å². The number of hydrogen-bond acceptors (Lipinski definition) is 5. The first-order valence-corrected chi connectivity index (χ1v) is 10.9. The van der Waals surface area contributed by atoms with Gasteiger partial charge in [-0.1, -0.05) is 24.3 Å². The highest BCUT2D eigenvalue weighted by Crippen LogP contribution is 2.29. The van der Waals surface area contributed by atoms with Gasteiger partial charge in [-0.25, -0.2) is 0 Å². The molecule has 2 aromatic heterocycles. The third kappa shape index (κ3) is 4.52. The van der Waals surface area contributed by atoms with E-state index >= 15 is 0 Å². The first-order valence-electron chi connectivity index (χ1n) is 10.9. The average molecular weight is 448 g/mol. The molecule has 8 nitrogen and oxygen atoms in total. The molecule has 0 spiro atoms. The summed E-state index contributed by atoms with van der Waals surface area (Å²) in [6.45, 7) is 2.75. The Labute approximate surface area is 193 Å². The maximum atomic E-state index is 13.4. The zero-order valence-electron chi connectivity index (χ0n) is 19.5. The molecule has 2 amide bonds. The predicted octanol–water partition coefficient (Wildman–Crippen LogP) is 2.33. The lowest BCUT2D eigenvalue weighted by molar-refractivity contribution is -0.165. The number of pyridine rings is 1. The van der Waals surface area contributed by atoms with E-state index in [1.165, 1.54) is 4.90 Å². The lowest BCUT2D eigenvalue weighted by Gasteiger charge is -2.42. The number of aryl methyl sites for hydroxylation is 1. The number of morpholine rings is 1. The van der Waals surface area contributed by atoms with Crippen LogP contribution in [0.3, 0.4) is 0 Å². The molecule has 1 aliphatic rings. The highest BCUT2D eigenvalue weighted by molar-refractivity contribution is 5.96. The number of ether oxygens (including phenoxy) is 1. The average Bonchev–Trinajstić information content (AvgIpc) is 3.17. The van der Waals surface area contributed by atoms with Crippen molar-refractivity contribution < 1.29 is 14.3 Å². The van der Waals surface area contributed by atoms with Crippen molar-refractivity contribution in [2.24, 2.45) is 7.05 Å². The first kappa shape index (κ1) is 22.7. The Morgan fingerprint density at radius 2 is 1.91 bits per heavy atom. The van der Waals surface area contributed by atoms with Crippen molar-refractivity contribution in [1.29, 1.82) is 0 Å². The highest BCUT2D eigenvalue weighted by Gasteiger charge is 2.46. The van der Waals surface area contributed by atoms with Crippen LogP contribution in [0.5, 0.6) is 0 Å². The molecule has 8 heteroatoms. The normalized spacial score (nSPS) is 18.2. The molecule has 1 aliphatic heterocycles. The zero-order chi connectivity index (χ0) is 23.6. The Kier molecular flexibility index (Phi) is 6.29. The molecule has 3 heterocycles. The van der Waals surface area contributed by atoms with Crippen LogP contribution < -0.4 is 0 Å². The van der Waals surface area contributed by atoms with Gasteiger partial charge in [-0.15, -0.1) is 0 Å². The van der Waals surface area contributed by atoms with E-state index in [0.29, 0.717) is 18.5 Å². The first-order chi connectivity index (χ1) is 15.8. The molecule has 0 bridgehead atoms. The fourth-order valence-corrected chi connectivity index (χ4v) is 4.29. The van der Waals surface area contributed by atoms with Gasteiger partial charge in [-0.05, 0) is 35.7 Å². The van der Waals surface area contributed by atoms with Gasteiger partial charge in [0.2, 0.25) is 0 Å². The second-order valence-corrected chi connectivity index (χ2v) is 8.65. The summed E-state index contributed by atoms with van der Waals surface area (Å²) in [7, 11) is 5.24. The van der Waals surface area contributed by atoms with Crippen LogP contribution in [-0.4, -0.2) is 75.8 Å². The van der Waals surface area contributed by atoms with Gasteiger partial charge in [0.25, 0.3) is 11.8 Å². The SMILES string of the molecule is Cc1c(C(=O)N2CCOC(Cc3cccc(-c4ccncc4)c3)(C(=O)N(C)C)C2)cnn1C. The van der Waals surface area contributed by atoms with Crippen molar-refractivity contribution in [3.8, 4) is 11.1 Å². The van der Waals surface area contributed by atoms with Crippen molar-refractivity contribution >= 4 is 11.8 Å². The van der Waals surface area contributed by atoms with E-state index in [9.17, 15) is 9.59 Å². The molecule has 1 saturated heterocycles. The molecule has 1 aromatic carbocycles. The standard InChI is InChI=1S/C25H29N5O3/c1-18-22(16-27-29(18)4)23(31)30-12-13-33-25(17-30,24(32)28(2)3)15-19-6-5-7-21(14-19)20-8-10-26-11-9-20/h5-11,14,16H,12-13,15,17H2,1-4H3. The number of likely N-dealkylation sites (N-methyl/N-ethyl adjacent to an activating group) is 1. The number of amides is 2. The van der Waals surface area contributed by atoms with Gasteiger partial charge >= 0.3 is 0 Å². The van der Waals surface area contributed by atoms with Crippen LogP contribution in [0.25, 0.3) is 11.1 Å². The molecule has 0 aliphatic carbocycles. The van der Waals surface area contributed by atoms with Crippen LogP contribution in [0.15, 0.2) is 55.0 Å². The van der Waals surface area contributed by atoms with Crippen LogP contribution in [0.4, 0.5) is 0 Å². The van der Waals surface area contributed by atoms with Crippen molar-refractivity contribution in [1.82, 2.24) is 24.6 Å². The van der Waals surface area contributed by atoms with E-state index in [4.69, 9.17) is 4.74 Å². The van der Waals surface area contributed by atoms with Crippen LogP contribution >= 0.6 is 0 Å². The number of carbonyl (C=O) groups excluding carboxylic acids is 2. The summed E-state index contributed by atoms with van der Waals surface area (Å²) < 4.78 is 7.85. The third-order valence-electron chi connectivity index (χ3n) is 6.16. The lowest BCUT2D eigenvalue weighted by Crippen LogP contribution is -2.61. The van der Waals surface area contributed by atoms with E-state index in [0.717, 1.165) is 22.4 Å². The fraction of sp³-hybridized carbons (Fsp3) is 0.360. The minimum Gasteiger partial charge on any atom is -0.361 e. The summed E-state index contributed by atoms with van der Waals surface area (Å²) in [4.78, 5) is 34.0. The topological polar surface area (TPSA) is 80.6 Å². The minimum atomic E-state index is -1.16. The monoisotopic (exact) mass is 447 g/mol. The van der Waals surface area contributed by atoms with Gasteiger partial charge in [0.15, 0.2) is 5.60 Å². The number of aromatic nitrogens is 3. The van der Waals surface area contributed by atoms with Gasteiger partial charge in [0, 0.05) is 52.2 Å². The second-order valence-electron chi connectivity index (χ2n) is 8.65. The molecular weight excluding hydrogens is 418 g/mol. The largest absolute Gasteiger partial charge is 0.361 e. The Bertz CT molecular complexity index is 1160. The molecule has 33 heavy (non-hydrogen) atoms. The van der Waals surface area contributed by atoms with Crippen molar-refractivity contribution in [2.45, 2.75) is 18.9 Å². The quantitative estimate of drug-likeness (QED) is 0.600.